The summed E-state index contributed by atoms with van der Waals surface area (Å²) in [5.74, 6) is -0.531. The summed E-state index contributed by atoms with van der Waals surface area (Å²) in [6, 6.07) is 12.4. The second kappa shape index (κ2) is 7.17. The van der Waals surface area contributed by atoms with E-state index >= 15 is 0 Å². The molecule has 0 saturated heterocycles. The van der Waals surface area contributed by atoms with Gasteiger partial charge < -0.3 is 10.6 Å². The highest BCUT2D eigenvalue weighted by molar-refractivity contribution is 7.92. The van der Waals surface area contributed by atoms with Crippen molar-refractivity contribution in [2.24, 2.45) is 0 Å². The summed E-state index contributed by atoms with van der Waals surface area (Å²) in [5, 5.41) is 5.42. The molecule has 2 amide bonds. The van der Waals surface area contributed by atoms with Crippen molar-refractivity contribution in [1.29, 1.82) is 0 Å². The van der Waals surface area contributed by atoms with E-state index in [2.05, 4.69) is 15.4 Å². The zero-order chi connectivity index (χ0) is 18.7. The molecular formula is C18H19N3O4S. The third-order valence-corrected chi connectivity index (χ3v) is 5.13. The minimum Gasteiger partial charge on any atom is -0.349 e. The van der Waals surface area contributed by atoms with Crippen LogP contribution in [0.15, 0.2) is 53.4 Å². The molecule has 0 spiro atoms. The van der Waals surface area contributed by atoms with Crippen LogP contribution in [0.5, 0.6) is 0 Å². The van der Waals surface area contributed by atoms with Crippen LogP contribution < -0.4 is 15.4 Å². The number of amides is 2. The molecule has 1 aliphatic carbocycles. The molecule has 26 heavy (non-hydrogen) atoms. The number of benzene rings is 2. The van der Waals surface area contributed by atoms with Crippen LogP contribution in [-0.2, 0) is 14.8 Å². The molecule has 0 radical (unpaired) electrons. The summed E-state index contributed by atoms with van der Waals surface area (Å²) < 4.78 is 27.7. The first kappa shape index (κ1) is 17.9. The van der Waals surface area contributed by atoms with Crippen molar-refractivity contribution in [3.8, 4) is 0 Å². The molecule has 1 fully saturated rings. The van der Waals surface area contributed by atoms with Crippen molar-refractivity contribution in [1.82, 2.24) is 5.32 Å². The molecule has 2 aromatic carbocycles. The number of nitrogens with one attached hydrogen (secondary N) is 3. The molecule has 0 heterocycles. The van der Waals surface area contributed by atoms with Gasteiger partial charge in [0.1, 0.15) is 0 Å². The lowest BCUT2D eigenvalue weighted by Gasteiger charge is -2.11. The Kier molecular flexibility index (Phi) is 4.94. The fourth-order valence-electron chi connectivity index (χ4n) is 2.38. The summed E-state index contributed by atoms with van der Waals surface area (Å²) in [6.45, 7) is 1.37. The first-order chi connectivity index (χ1) is 12.3. The summed E-state index contributed by atoms with van der Waals surface area (Å²) in [4.78, 5) is 23.2. The Morgan fingerprint density at radius 1 is 1.00 bits per heavy atom. The lowest BCUT2D eigenvalue weighted by atomic mass is 10.2. The summed E-state index contributed by atoms with van der Waals surface area (Å²) >= 11 is 0. The fraction of sp³-hybridized carbons (Fsp3) is 0.222. The third kappa shape index (κ3) is 4.60. The number of carbonyl (C=O) groups is 2. The Morgan fingerprint density at radius 2 is 1.69 bits per heavy atom. The van der Waals surface area contributed by atoms with Crippen LogP contribution in [-0.4, -0.2) is 26.3 Å². The van der Waals surface area contributed by atoms with Gasteiger partial charge in [-0.2, -0.15) is 0 Å². The molecule has 0 bridgehead atoms. The van der Waals surface area contributed by atoms with Gasteiger partial charge in [-0.3, -0.25) is 14.3 Å². The summed E-state index contributed by atoms with van der Waals surface area (Å²) in [7, 11) is -3.87. The maximum atomic E-state index is 12.6. The lowest BCUT2D eigenvalue weighted by molar-refractivity contribution is -0.114. The van der Waals surface area contributed by atoms with E-state index in [0.29, 0.717) is 16.9 Å². The van der Waals surface area contributed by atoms with E-state index in [-0.39, 0.29) is 22.8 Å². The topological polar surface area (TPSA) is 104 Å². The molecule has 8 heteroatoms. The van der Waals surface area contributed by atoms with Gasteiger partial charge in [0.15, 0.2) is 0 Å². The maximum absolute atomic E-state index is 12.6. The zero-order valence-electron chi connectivity index (χ0n) is 14.2. The average molecular weight is 373 g/mol. The highest BCUT2D eigenvalue weighted by Gasteiger charge is 2.24. The minimum atomic E-state index is -3.87. The summed E-state index contributed by atoms with van der Waals surface area (Å²) in [6.07, 6.45) is 1.91. The van der Waals surface area contributed by atoms with Gasteiger partial charge in [0.2, 0.25) is 5.91 Å². The molecule has 0 unspecified atom stereocenters. The van der Waals surface area contributed by atoms with Crippen LogP contribution >= 0.6 is 0 Å². The number of anilines is 2. The molecule has 3 rings (SSSR count). The van der Waals surface area contributed by atoms with Gasteiger partial charge in [0.05, 0.1) is 10.6 Å². The van der Waals surface area contributed by atoms with Crippen molar-refractivity contribution >= 4 is 33.2 Å². The Labute approximate surface area is 151 Å². The van der Waals surface area contributed by atoms with Crippen molar-refractivity contribution < 1.29 is 18.0 Å². The zero-order valence-corrected chi connectivity index (χ0v) is 15.0. The smallest absolute Gasteiger partial charge is 0.261 e. The van der Waals surface area contributed by atoms with Gasteiger partial charge in [0.25, 0.3) is 15.9 Å². The van der Waals surface area contributed by atoms with E-state index in [4.69, 9.17) is 0 Å². The Hall–Kier alpha value is -2.87. The Morgan fingerprint density at radius 3 is 2.38 bits per heavy atom. The standard InChI is InChI=1S/C18H19N3O4S/c1-12(22)19-15-5-3-6-16(11-15)21-26(24,25)17-7-2-4-13(10-17)18(23)20-14-8-9-14/h2-7,10-11,14,21H,8-9H2,1H3,(H,19,22)(H,20,23). The molecule has 1 saturated carbocycles. The average Bonchev–Trinajstić information content (AvgIpc) is 3.38. The van der Waals surface area contributed by atoms with Crippen molar-refractivity contribution in [3.63, 3.8) is 0 Å². The number of carbonyl (C=O) groups excluding carboxylic acids is 2. The first-order valence-electron chi connectivity index (χ1n) is 8.15. The molecule has 0 atom stereocenters. The molecule has 1 aliphatic rings. The molecule has 2 aromatic rings. The van der Waals surface area contributed by atoms with E-state index in [1.54, 1.807) is 24.3 Å². The number of sulfonamides is 1. The number of rotatable bonds is 6. The van der Waals surface area contributed by atoms with E-state index in [1.807, 2.05) is 0 Å². The van der Waals surface area contributed by atoms with Crippen LogP contribution in [0.2, 0.25) is 0 Å². The van der Waals surface area contributed by atoms with E-state index in [0.717, 1.165) is 12.8 Å². The minimum absolute atomic E-state index is 0.00845. The second-order valence-electron chi connectivity index (χ2n) is 6.14. The maximum Gasteiger partial charge on any atom is 0.261 e. The lowest BCUT2D eigenvalue weighted by Crippen LogP contribution is -2.25. The summed E-state index contributed by atoms with van der Waals surface area (Å²) in [5.41, 5.74) is 1.09. The van der Waals surface area contributed by atoms with Gasteiger partial charge in [-0.05, 0) is 49.2 Å². The van der Waals surface area contributed by atoms with Crippen LogP contribution in [0.25, 0.3) is 0 Å². The van der Waals surface area contributed by atoms with Crippen LogP contribution in [0.3, 0.4) is 0 Å². The van der Waals surface area contributed by atoms with Gasteiger partial charge in [0, 0.05) is 24.2 Å². The van der Waals surface area contributed by atoms with E-state index < -0.39 is 10.0 Å². The fourth-order valence-corrected chi connectivity index (χ4v) is 3.47. The van der Waals surface area contributed by atoms with Crippen molar-refractivity contribution in [2.75, 3.05) is 10.0 Å². The predicted molar refractivity (Wildman–Crippen MR) is 98.5 cm³/mol. The van der Waals surface area contributed by atoms with Crippen molar-refractivity contribution in [3.05, 3.63) is 54.1 Å². The van der Waals surface area contributed by atoms with Crippen LogP contribution in [0.4, 0.5) is 11.4 Å². The van der Waals surface area contributed by atoms with E-state index in [1.165, 1.54) is 31.2 Å². The van der Waals surface area contributed by atoms with Gasteiger partial charge in [-0.15, -0.1) is 0 Å². The monoisotopic (exact) mass is 373 g/mol. The molecule has 0 aromatic heterocycles. The van der Waals surface area contributed by atoms with Gasteiger partial charge in [-0.25, -0.2) is 8.42 Å². The Balaban J connectivity index is 1.79. The normalized spacial score (nSPS) is 13.7. The second-order valence-corrected chi connectivity index (χ2v) is 7.83. The van der Waals surface area contributed by atoms with Crippen molar-refractivity contribution in [2.45, 2.75) is 30.7 Å². The SMILES string of the molecule is CC(=O)Nc1cccc(NS(=O)(=O)c2cccc(C(=O)NC3CC3)c2)c1. The quantitative estimate of drug-likeness (QED) is 0.723. The van der Waals surface area contributed by atoms with Crippen LogP contribution in [0, 0.1) is 0 Å². The predicted octanol–water partition coefficient (Wildman–Crippen LogP) is 2.34. The van der Waals surface area contributed by atoms with E-state index in [9.17, 15) is 18.0 Å². The van der Waals surface area contributed by atoms with Crippen LogP contribution in [0.1, 0.15) is 30.1 Å². The molecule has 7 nitrogen and oxygen atoms in total. The Bertz CT molecular complexity index is 952. The molecular weight excluding hydrogens is 354 g/mol. The largest absolute Gasteiger partial charge is 0.349 e. The highest BCUT2D eigenvalue weighted by atomic mass is 32.2. The van der Waals surface area contributed by atoms with Gasteiger partial charge >= 0.3 is 0 Å². The molecule has 3 N–H and O–H groups in total. The number of hydrogen-bond donors (Lipinski definition) is 3. The molecule has 0 aliphatic heterocycles. The van der Waals surface area contributed by atoms with Gasteiger partial charge in [-0.1, -0.05) is 12.1 Å². The first-order valence-corrected chi connectivity index (χ1v) is 9.63. The molecule has 136 valence electrons. The third-order valence-electron chi connectivity index (χ3n) is 3.75. The number of hydrogen-bond acceptors (Lipinski definition) is 4. The highest BCUT2D eigenvalue weighted by Crippen LogP contribution is 2.22.